The molecule has 37 heavy (non-hydrogen) atoms. The van der Waals surface area contributed by atoms with Gasteiger partial charge in [0.05, 0.1) is 12.4 Å². The summed E-state index contributed by atoms with van der Waals surface area (Å²) in [7, 11) is 0. The van der Waals surface area contributed by atoms with Crippen molar-refractivity contribution >= 4 is 18.0 Å². The molecule has 3 unspecified atom stereocenters. The molecule has 2 rings (SSSR count). The van der Waals surface area contributed by atoms with Crippen molar-refractivity contribution in [3.05, 3.63) is 42.0 Å². The lowest BCUT2D eigenvalue weighted by Gasteiger charge is -2.17. The van der Waals surface area contributed by atoms with E-state index in [2.05, 4.69) is 30.9 Å². The molecule has 0 aliphatic rings. The number of rotatable bonds is 17. The molecule has 1 aromatic heterocycles. The fourth-order valence-electron chi connectivity index (χ4n) is 3.32. The largest absolute Gasteiger partial charge is 0.489 e. The number of nitrogens with one attached hydrogen (secondary N) is 4. The van der Waals surface area contributed by atoms with Crippen LogP contribution in [0.1, 0.15) is 38.4 Å². The maximum absolute atomic E-state index is 12.2. The molecule has 2 amide bonds. The molecule has 0 saturated carbocycles. The second kappa shape index (κ2) is 16.3. The van der Waals surface area contributed by atoms with E-state index in [0.717, 1.165) is 11.3 Å². The van der Waals surface area contributed by atoms with Gasteiger partial charge in [-0.15, -0.1) is 0 Å². The van der Waals surface area contributed by atoms with Crippen LogP contribution in [0, 0.1) is 0 Å². The molecule has 12 heteroatoms. The van der Waals surface area contributed by atoms with Gasteiger partial charge in [0.2, 0.25) is 5.91 Å². The summed E-state index contributed by atoms with van der Waals surface area (Å²) in [4.78, 5) is 34.8. The third-order valence-electron chi connectivity index (χ3n) is 5.39. The molecule has 0 saturated heterocycles. The van der Waals surface area contributed by atoms with Crippen LogP contribution in [-0.4, -0.2) is 77.7 Å². The minimum atomic E-state index is -0.894. The third kappa shape index (κ3) is 12.4. The fourth-order valence-corrected chi connectivity index (χ4v) is 3.32. The van der Waals surface area contributed by atoms with Crippen LogP contribution >= 0.6 is 0 Å². The molecule has 0 radical (unpaired) electrons. The summed E-state index contributed by atoms with van der Waals surface area (Å²) in [6, 6.07) is 4.91. The molecule has 0 bridgehead atoms. The first-order chi connectivity index (χ1) is 17.8. The summed E-state index contributed by atoms with van der Waals surface area (Å²) < 4.78 is 11.4. The van der Waals surface area contributed by atoms with E-state index in [4.69, 9.17) is 15.2 Å². The highest BCUT2D eigenvalue weighted by molar-refractivity contribution is 5.77. The van der Waals surface area contributed by atoms with E-state index < -0.39 is 6.23 Å². The minimum absolute atomic E-state index is 0.00670. The molecular weight excluding hydrogens is 478 g/mol. The topological polar surface area (TPSA) is 176 Å². The van der Waals surface area contributed by atoms with Crippen molar-refractivity contribution < 1.29 is 24.2 Å². The highest BCUT2D eigenvalue weighted by atomic mass is 16.5. The Labute approximate surface area is 217 Å². The first-order valence-electron chi connectivity index (χ1n) is 12.3. The number of aromatic amines is 1. The molecule has 0 aliphatic heterocycles. The molecule has 0 aliphatic carbocycles. The molecular formula is C25H39N7O5. The van der Waals surface area contributed by atoms with Gasteiger partial charge in [-0.25, -0.2) is 4.98 Å². The molecule has 0 spiro atoms. The monoisotopic (exact) mass is 517 g/mol. The summed E-state index contributed by atoms with van der Waals surface area (Å²) in [6.45, 7) is 6.20. The van der Waals surface area contributed by atoms with E-state index in [1.54, 1.807) is 36.9 Å². The second-order valence-electron chi connectivity index (χ2n) is 8.57. The lowest BCUT2D eigenvalue weighted by molar-refractivity contribution is -0.123. The molecule has 7 N–H and O–H groups in total. The number of benzene rings is 1. The van der Waals surface area contributed by atoms with E-state index in [1.165, 1.54) is 6.92 Å². The summed E-state index contributed by atoms with van der Waals surface area (Å²) in [5, 5.41) is 18.7. The summed E-state index contributed by atoms with van der Waals surface area (Å²) in [6.07, 6.45) is 5.42. The zero-order valence-corrected chi connectivity index (χ0v) is 21.7. The normalized spacial score (nSPS) is 13.6. The number of hydrogen-bond acceptors (Lipinski definition) is 9. The number of aliphatic hydroxyl groups excluding tert-OH is 1. The van der Waals surface area contributed by atoms with Crippen molar-refractivity contribution in [3.63, 3.8) is 0 Å². The van der Waals surface area contributed by atoms with Crippen molar-refractivity contribution in [2.24, 2.45) is 10.7 Å². The van der Waals surface area contributed by atoms with Gasteiger partial charge in [0, 0.05) is 57.0 Å². The Kier molecular flexibility index (Phi) is 13.1. The fraction of sp³-hybridized carbons (Fsp3) is 0.520. The number of amides is 2. The number of nitrogens with zero attached hydrogens (tertiary/aromatic N) is 2. The summed E-state index contributed by atoms with van der Waals surface area (Å²) >= 11 is 0. The van der Waals surface area contributed by atoms with Gasteiger partial charge in [0.15, 0.2) is 6.61 Å². The lowest BCUT2D eigenvalue weighted by atomic mass is 10.1. The van der Waals surface area contributed by atoms with Crippen molar-refractivity contribution in [2.45, 2.75) is 58.5 Å². The van der Waals surface area contributed by atoms with Crippen molar-refractivity contribution in [1.82, 2.24) is 25.9 Å². The Hall–Kier alpha value is -3.48. The van der Waals surface area contributed by atoms with Gasteiger partial charge in [-0.05, 0) is 44.2 Å². The van der Waals surface area contributed by atoms with Crippen LogP contribution in [0.3, 0.4) is 0 Å². The van der Waals surface area contributed by atoms with Crippen LogP contribution in [0.2, 0.25) is 0 Å². The first-order valence-corrected chi connectivity index (χ1v) is 12.3. The average Bonchev–Trinajstić information content (AvgIpc) is 3.38. The molecule has 3 atom stereocenters. The Morgan fingerprint density at radius 1 is 1.22 bits per heavy atom. The zero-order chi connectivity index (χ0) is 27.0. The number of carbonyl (C=O) groups is 2. The van der Waals surface area contributed by atoms with Crippen LogP contribution in [0.4, 0.5) is 0 Å². The Morgan fingerprint density at radius 2 is 1.97 bits per heavy atom. The van der Waals surface area contributed by atoms with Gasteiger partial charge < -0.3 is 35.9 Å². The van der Waals surface area contributed by atoms with Crippen LogP contribution < -0.4 is 31.2 Å². The number of nitrogens with two attached hydrogens (primary N) is 1. The van der Waals surface area contributed by atoms with Crippen LogP contribution in [0.25, 0.3) is 0 Å². The predicted molar refractivity (Wildman–Crippen MR) is 140 cm³/mol. The first kappa shape index (κ1) is 29.7. The molecule has 204 valence electrons. The number of aliphatic hydroxyl groups is 1. The Balaban J connectivity index is 1.85. The van der Waals surface area contributed by atoms with Crippen molar-refractivity contribution in [1.29, 1.82) is 0 Å². The van der Waals surface area contributed by atoms with E-state index >= 15 is 0 Å². The van der Waals surface area contributed by atoms with E-state index in [-0.39, 0.29) is 43.7 Å². The number of H-pyrrole nitrogens is 1. The van der Waals surface area contributed by atoms with Gasteiger partial charge in [-0.3, -0.25) is 19.9 Å². The smallest absolute Gasteiger partial charge is 0.257 e. The van der Waals surface area contributed by atoms with Crippen LogP contribution in [0.15, 0.2) is 35.7 Å². The van der Waals surface area contributed by atoms with Crippen molar-refractivity contribution in [3.8, 4) is 11.5 Å². The van der Waals surface area contributed by atoms with Crippen LogP contribution in [-0.2, 0) is 22.6 Å². The number of ether oxygens (including phenoxy) is 2. The number of hydrogen-bond donors (Lipinski definition) is 6. The number of aliphatic imine (C=N–C) groups is 1. The molecule has 2 aromatic rings. The van der Waals surface area contributed by atoms with Gasteiger partial charge in [0.1, 0.15) is 24.3 Å². The Bertz CT molecular complexity index is 984. The minimum Gasteiger partial charge on any atom is -0.489 e. The molecule has 1 heterocycles. The highest BCUT2D eigenvalue weighted by Crippen LogP contribution is 2.23. The summed E-state index contributed by atoms with van der Waals surface area (Å²) in [5.41, 5.74) is 7.75. The van der Waals surface area contributed by atoms with Crippen molar-refractivity contribution in [2.75, 3.05) is 26.3 Å². The SMILES string of the molecule is CC=NC(C)C(N)CCNC(=O)COc1cc(CNC(C)=O)cc(OCC(O)NCCc2cnc[nH]2)c1. The Morgan fingerprint density at radius 3 is 2.65 bits per heavy atom. The number of imidazole rings is 1. The maximum Gasteiger partial charge on any atom is 0.257 e. The third-order valence-corrected chi connectivity index (χ3v) is 5.39. The standard InChI is InChI=1S/C25H39N7O5/c1-4-28-17(2)23(26)6-8-30-25(35)15-37-22-10-19(12-31-18(3)33)9-21(11-22)36-14-24(34)29-7-5-20-13-27-16-32-20/h4,9-11,13,16-17,23-24,29,34H,5-8,12,14-15,26H2,1-3H3,(H,27,32)(H,30,35)(H,31,33). The molecule has 0 fully saturated rings. The number of carbonyl (C=O) groups excluding carboxylic acids is 2. The van der Waals surface area contributed by atoms with E-state index in [0.29, 0.717) is 37.4 Å². The van der Waals surface area contributed by atoms with Gasteiger partial charge in [-0.2, -0.15) is 0 Å². The highest BCUT2D eigenvalue weighted by Gasteiger charge is 2.12. The predicted octanol–water partition coefficient (Wildman–Crippen LogP) is 0.267. The zero-order valence-electron chi connectivity index (χ0n) is 21.7. The lowest BCUT2D eigenvalue weighted by Crippen LogP contribution is -2.37. The van der Waals surface area contributed by atoms with Gasteiger partial charge >= 0.3 is 0 Å². The van der Waals surface area contributed by atoms with Crippen LogP contribution in [0.5, 0.6) is 11.5 Å². The van der Waals surface area contributed by atoms with Gasteiger partial charge in [-0.1, -0.05) is 0 Å². The maximum atomic E-state index is 12.2. The summed E-state index contributed by atoms with van der Waals surface area (Å²) in [5.74, 6) is 0.370. The molecule has 12 nitrogen and oxygen atoms in total. The quantitative estimate of drug-likeness (QED) is 0.128. The molecule has 1 aromatic carbocycles. The second-order valence-corrected chi connectivity index (χ2v) is 8.57. The van der Waals surface area contributed by atoms with E-state index in [9.17, 15) is 14.7 Å². The van der Waals surface area contributed by atoms with E-state index in [1.807, 2.05) is 13.8 Å². The average molecular weight is 518 g/mol. The van der Waals surface area contributed by atoms with Gasteiger partial charge in [0.25, 0.3) is 5.91 Å². The number of aromatic nitrogens is 2.